The number of aromatic hydroxyl groups is 1. The lowest BCUT2D eigenvalue weighted by molar-refractivity contribution is -0.142. The number of nitrogens with one attached hydrogen (secondary N) is 17. The summed E-state index contributed by atoms with van der Waals surface area (Å²) in [6, 6.07) is -15.2. The summed E-state index contributed by atoms with van der Waals surface area (Å²) in [7, 11) is 0. The molecule has 0 aliphatic carbocycles. The zero-order chi connectivity index (χ0) is 96.1. The fourth-order valence-electron chi connectivity index (χ4n) is 14.5. The molecule has 2 heterocycles. The Hall–Kier alpha value is -11.0. The van der Waals surface area contributed by atoms with Crippen LogP contribution in [0.25, 0.3) is 0 Å². The number of thioether (sulfide) groups is 1. The molecule has 0 bridgehead atoms. The summed E-state index contributed by atoms with van der Waals surface area (Å²) in [6.45, 7) is 9.23. The summed E-state index contributed by atoms with van der Waals surface area (Å²) in [6.07, 6.45) is 16.8. The second-order valence-corrected chi connectivity index (χ2v) is 34.2. The highest BCUT2D eigenvalue weighted by atomic mass is 32.2. The molecule has 1 aromatic heterocycles. The second kappa shape index (κ2) is 62.3. The van der Waals surface area contributed by atoms with Gasteiger partial charge in [-0.1, -0.05) is 110 Å². The van der Waals surface area contributed by atoms with Gasteiger partial charge in [0.2, 0.25) is 82.7 Å². The van der Waals surface area contributed by atoms with Crippen LogP contribution in [-0.2, 0) is 84.8 Å². The number of nitrogens with two attached hydrogens (primary N) is 5. The zero-order valence-corrected chi connectivity index (χ0v) is 76.6. The number of nitrogens with zero attached hydrogens (tertiary/aromatic N) is 2. The topological polar surface area (TPSA) is 715 Å². The van der Waals surface area contributed by atoms with Gasteiger partial charge >= 0.3 is 5.97 Å². The van der Waals surface area contributed by atoms with Gasteiger partial charge in [-0.2, -0.15) is 11.8 Å². The van der Waals surface area contributed by atoms with Gasteiger partial charge in [0.25, 0.3) is 0 Å². The van der Waals surface area contributed by atoms with Crippen molar-refractivity contribution < 1.29 is 92.3 Å². The number of rotatable bonds is 68. The van der Waals surface area contributed by atoms with Gasteiger partial charge in [0.05, 0.1) is 31.2 Å². The van der Waals surface area contributed by atoms with Crippen LogP contribution >= 0.6 is 11.8 Å². The third kappa shape index (κ3) is 44.3. The van der Waals surface area contributed by atoms with E-state index in [0.29, 0.717) is 30.5 Å². The summed E-state index contributed by atoms with van der Waals surface area (Å²) in [5, 5.41) is 93.5. The molecule has 15 atom stereocenters. The van der Waals surface area contributed by atoms with Crippen molar-refractivity contribution in [2.24, 2.45) is 34.6 Å². The number of aliphatic carboxylic acids is 1. The number of aromatic amines is 1. The number of carboxylic acid groups (broad SMARTS) is 1. The molecule has 2 aromatic rings. The Kier molecular flexibility index (Phi) is 54.2. The van der Waals surface area contributed by atoms with Crippen LogP contribution in [-0.4, -0.2) is 271 Å². The molecule has 14 amide bonds. The first-order valence-electron chi connectivity index (χ1n) is 44.9. The lowest BCUT2D eigenvalue weighted by atomic mass is 10.0. The van der Waals surface area contributed by atoms with Crippen LogP contribution in [0.3, 0.4) is 0 Å². The number of carbonyl (C=O) groups is 15. The van der Waals surface area contributed by atoms with Gasteiger partial charge in [0.15, 0.2) is 11.9 Å². The van der Waals surface area contributed by atoms with Crippen molar-refractivity contribution in [2.45, 2.75) is 325 Å². The van der Waals surface area contributed by atoms with E-state index in [0.717, 1.165) is 32.6 Å². The molecule has 44 heteroatoms. The van der Waals surface area contributed by atoms with Crippen LogP contribution in [0, 0.1) is 16.7 Å². The average molecular weight is 1840 g/mol. The Labute approximate surface area is 759 Å². The van der Waals surface area contributed by atoms with Crippen molar-refractivity contribution in [3.63, 3.8) is 0 Å². The standard InChI is InChI=1S/C85H146N24O19S/c1-8-9-10-11-12-13-14-15-16-17-18-19-20-31-68(113)97-52(5)72(117)98-57(27-21-23-37-86)75(120)106-65-43-51(4)109(83(65)128)67(30-26-40-95-85(91)92)81(126)107-66(48-110)80(125)101-60(36-41-129-7)76(121)108-70(53(6)111)82(127)105-64(46-69(114)115)79(124)99-58(28-22-24-38-87)73(118)104-63(44-54-32-34-56(112)35-33-54)78(123)100-59(29-25-39-94-84(89)90)74(119)103-62(42-50(2)3)77(122)102-61(71(88)116)45-55-47-93-49-96-55/h32-35,47,49-53,57-67,70,110-112H,8-31,36-46,48,86-87H2,1-7H3,(H2,88,116)(H,93,96)(H,97,113)(H,98,117)(H,99,124)(H,100,123)(H,101,125)(H,102,122)(H,103,119)(H,104,118)(H,105,127)(H,106,120)(H,107,126)(H,108,121)(H,114,115)(H4,89,90,94)(H4,91,92,95)/t51?,52-,53+,57-,58-,59-,60-,61-,62-,63-,64-,65-,66-,67-,70-/m0/s1. The smallest absolute Gasteiger partial charge is 0.305 e. The quantitative estimate of drug-likeness (QED) is 0.0196. The number of primary amides is 1. The van der Waals surface area contributed by atoms with E-state index < -0.39 is 198 Å². The molecule has 0 spiro atoms. The number of benzene rings is 1. The first kappa shape index (κ1) is 112. The van der Waals surface area contributed by atoms with Crippen LogP contribution in [0.2, 0.25) is 0 Å². The third-order valence-corrected chi connectivity index (χ3v) is 22.3. The van der Waals surface area contributed by atoms with Crippen molar-refractivity contribution in [3.05, 3.63) is 48.0 Å². The van der Waals surface area contributed by atoms with E-state index >= 15 is 0 Å². The minimum Gasteiger partial charge on any atom is -0.508 e. The number of aromatic nitrogens is 2. The fraction of sp³-hybridized carbons (Fsp3) is 0.694. The van der Waals surface area contributed by atoms with E-state index in [1.165, 1.54) is 112 Å². The van der Waals surface area contributed by atoms with Gasteiger partial charge in [-0.25, -0.2) is 4.98 Å². The summed E-state index contributed by atoms with van der Waals surface area (Å²) in [5.41, 5.74) is 29.1. The number of guanidine groups is 2. The fourth-order valence-corrected chi connectivity index (χ4v) is 15.0. The SMILES string of the molecule is CCCCCCCCCCCCCCCC(=O)N[C@@H](C)C(=O)N[C@@H](CCCCN)C(=O)N[C@H]1CC(C)N([C@@H](CCCNC(=N)N)C(=O)N[C@@H](CO)C(=O)N[C@@H](CCSC)C(=O)N[C@H](C(=O)N[C@@H](CC(=O)O)C(=O)N[C@@H](CCCCN)C(=O)N[C@@H](Cc2ccc(O)cc2)C(=O)N[C@@H](CCCNC(=N)N)C(=O)N[C@@H](CC(C)C)C(=O)N[C@@H](Cc2c[nH]cn2)C(N)=O)[C@@H](C)O)C1=O. The summed E-state index contributed by atoms with van der Waals surface area (Å²) in [4.78, 5) is 219. The Morgan fingerprint density at radius 2 is 0.992 bits per heavy atom. The molecule has 0 radical (unpaired) electrons. The summed E-state index contributed by atoms with van der Waals surface area (Å²) < 4.78 is 0. The van der Waals surface area contributed by atoms with Crippen LogP contribution in [0.5, 0.6) is 5.75 Å². The highest BCUT2D eigenvalue weighted by Gasteiger charge is 2.46. The van der Waals surface area contributed by atoms with E-state index in [-0.39, 0.29) is 139 Å². The summed E-state index contributed by atoms with van der Waals surface area (Å²) in [5.74, 6) is -15.8. The molecular weight excluding hydrogens is 1690 g/mol. The van der Waals surface area contributed by atoms with E-state index in [1.54, 1.807) is 27.0 Å². The molecule has 31 N–H and O–H groups in total. The first-order valence-corrected chi connectivity index (χ1v) is 46.3. The highest BCUT2D eigenvalue weighted by Crippen LogP contribution is 2.26. The predicted molar refractivity (Wildman–Crippen MR) is 485 cm³/mol. The van der Waals surface area contributed by atoms with Gasteiger partial charge < -0.3 is 133 Å². The zero-order valence-electron chi connectivity index (χ0n) is 75.8. The molecule has 0 saturated carbocycles. The van der Waals surface area contributed by atoms with Crippen molar-refractivity contribution in [1.82, 2.24) is 89.3 Å². The molecule has 1 saturated heterocycles. The molecule has 1 aromatic carbocycles. The molecule has 1 aliphatic rings. The minimum atomic E-state index is -2.09. The number of unbranched alkanes of at least 4 members (excludes halogenated alkanes) is 14. The molecule has 129 heavy (non-hydrogen) atoms. The number of phenols is 1. The minimum absolute atomic E-state index is 0.0216. The summed E-state index contributed by atoms with van der Waals surface area (Å²) >= 11 is 1.21. The third-order valence-electron chi connectivity index (χ3n) is 21.7. The van der Waals surface area contributed by atoms with Gasteiger partial charge in [-0.05, 0) is 159 Å². The van der Waals surface area contributed by atoms with Crippen molar-refractivity contribution >= 4 is 112 Å². The molecule has 726 valence electrons. The number of aliphatic hydroxyl groups excluding tert-OH is 2. The van der Waals surface area contributed by atoms with Crippen molar-refractivity contribution in [2.75, 3.05) is 44.8 Å². The maximum atomic E-state index is 14.8. The number of imidazole rings is 1. The number of amides is 14. The van der Waals surface area contributed by atoms with E-state index in [1.807, 2.05) is 0 Å². The number of likely N-dealkylation sites (tertiary alicyclic amines) is 1. The maximum absolute atomic E-state index is 14.8. The molecule has 3 rings (SSSR count). The Bertz CT molecular complexity index is 3870. The maximum Gasteiger partial charge on any atom is 0.305 e. The monoisotopic (exact) mass is 1840 g/mol. The molecule has 43 nitrogen and oxygen atoms in total. The molecular formula is C85H146N24O19S. The molecule has 1 aliphatic heterocycles. The normalized spacial score (nSPS) is 16.0. The number of carboxylic acids is 1. The first-order chi connectivity index (χ1) is 61.4. The van der Waals surface area contributed by atoms with Crippen LogP contribution < -0.4 is 103 Å². The number of aliphatic hydroxyl groups is 2. The van der Waals surface area contributed by atoms with Crippen LogP contribution in [0.15, 0.2) is 36.8 Å². The Balaban J connectivity index is 1.88. The van der Waals surface area contributed by atoms with E-state index in [9.17, 15) is 92.3 Å². The van der Waals surface area contributed by atoms with Gasteiger partial charge in [0.1, 0.15) is 84.3 Å². The Morgan fingerprint density at radius 3 is 1.50 bits per heavy atom. The van der Waals surface area contributed by atoms with Crippen molar-refractivity contribution in [3.8, 4) is 5.75 Å². The van der Waals surface area contributed by atoms with Gasteiger partial charge in [0, 0.05) is 44.6 Å². The van der Waals surface area contributed by atoms with Gasteiger partial charge in [-0.3, -0.25) is 82.7 Å². The second-order valence-electron chi connectivity index (χ2n) is 33.2. The number of hydrogen-bond acceptors (Lipinski definition) is 24. The lowest BCUT2D eigenvalue weighted by Gasteiger charge is -2.32. The van der Waals surface area contributed by atoms with Crippen molar-refractivity contribution in [1.29, 1.82) is 10.8 Å². The number of carbonyl (C=O) groups excluding carboxylic acids is 14. The molecule has 1 fully saturated rings. The highest BCUT2D eigenvalue weighted by molar-refractivity contribution is 7.98. The largest absolute Gasteiger partial charge is 0.508 e. The van der Waals surface area contributed by atoms with Crippen LogP contribution in [0.4, 0.5) is 0 Å². The molecule has 1 unspecified atom stereocenters. The Morgan fingerprint density at radius 1 is 0.535 bits per heavy atom. The number of phenolic OH excluding ortho intramolecular Hbond substituents is 1. The lowest BCUT2D eigenvalue weighted by Crippen LogP contribution is -2.62. The predicted octanol–water partition coefficient (Wildman–Crippen LogP) is -1.87. The van der Waals surface area contributed by atoms with E-state index in [4.69, 9.17) is 39.5 Å². The van der Waals surface area contributed by atoms with Gasteiger partial charge in [-0.15, -0.1) is 0 Å². The van der Waals surface area contributed by atoms with E-state index in [2.05, 4.69) is 91.3 Å². The average Bonchev–Trinajstić information content (AvgIpc) is 1.64. The van der Waals surface area contributed by atoms with Crippen LogP contribution in [0.1, 0.15) is 233 Å². The number of hydrogen-bond donors (Lipinski definition) is 26. The number of H-pyrrole nitrogens is 1.